The number of aromatic hydroxyl groups is 1. The lowest BCUT2D eigenvalue weighted by atomic mass is 10.1. The van der Waals surface area contributed by atoms with Crippen molar-refractivity contribution >= 4 is 11.6 Å². The number of nitrogens with one attached hydrogen (secondary N) is 1. The number of halogens is 1. The number of hydrogen-bond acceptors (Lipinski definition) is 2. The van der Waals surface area contributed by atoms with Gasteiger partial charge in [0.15, 0.2) is 0 Å². The van der Waals surface area contributed by atoms with E-state index in [9.17, 15) is 9.90 Å². The number of H-pyrrole nitrogens is 1. The van der Waals surface area contributed by atoms with Crippen LogP contribution in [-0.4, -0.2) is 10.1 Å². The normalized spacial score (nSPS) is 10.4. The molecule has 0 aliphatic heterocycles. The van der Waals surface area contributed by atoms with E-state index in [-0.39, 0.29) is 16.9 Å². The minimum Gasteiger partial charge on any atom is -0.507 e. The fourth-order valence-electron chi connectivity index (χ4n) is 1.59. The maximum atomic E-state index is 11.7. The second-order valence-corrected chi connectivity index (χ2v) is 3.99. The number of aromatic amines is 1. The van der Waals surface area contributed by atoms with Gasteiger partial charge in [-0.2, -0.15) is 0 Å². The lowest BCUT2D eigenvalue weighted by Crippen LogP contribution is -2.10. The summed E-state index contributed by atoms with van der Waals surface area (Å²) in [6.45, 7) is 1.71. The third-order valence-electron chi connectivity index (χ3n) is 2.26. The highest BCUT2D eigenvalue weighted by molar-refractivity contribution is 6.30. The zero-order valence-corrected chi connectivity index (χ0v) is 9.38. The van der Waals surface area contributed by atoms with Gasteiger partial charge in [-0.1, -0.05) is 23.7 Å². The highest BCUT2D eigenvalue weighted by atomic mass is 35.5. The van der Waals surface area contributed by atoms with Gasteiger partial charge in [-0.3, -0.25) is 4.79 Å². The van der Waals surface area contributed by atoms with Crippen LogP contribution in [0.2, 0.25) is 5.02 Å². The fourth-order valence-corrected chi connectivity index (χ4v) is 1.78. The maximum Gasteiger partial charge on any atom is 0.259 e. The molecule has 0 unspecified atom stereocenters. The molecule has 0 spiro atoms. The smallest absolute Gasteiger partial charge is 0.259 e. The largest absolute Gasteiger partial charge is 0.507 e. The van der Waals surface area contributed by atoms with Gasteiger partial charge in [0.2, 0.25) is 0 Å². The minimum atomic E-state index is -0.320. The van der Waals surface area contributed by atoms with E-state index >= 15 is 0 Å². The van der Waals surface area contributed by atoms with Crippen molar-refractivity contribution in [1.82, 2.24) is 4.98 Å². The maximum absolute atomic E-state index is 11.7. The van der Waals surface area contributed by atoms with E-state index in [1.807, 2.05) is 0 Å². The number of benzene rings is 1. The highest BCUT2D eigenvalue weighted by Gasteiger charge is 2.10. The Kier molecular flexibility index (Phi) is 2.71. The summed E-state index contributed by atoms with van der Waals surface area (Å²) in [4.78, 5) is 14.4. The number of hydrogen-bond donors (Lipinski definition) is 2. The van der Waals surface area contributed by atoms with Crippen LogP contribution in [0.25, 0.3) is 11.1 Å². The predicted molar refractivity (Wildman–Crippen MR) is 63.9 cm³/mol. The van der Waals surface area contributed by atoms with E-state index < -0.39 is 0 Å². The van der Waals surface area contributed by atoms with Crippen molar-refractivity contribution < 1.29 is 5.11 Å². The molecular formula is C12H10ClNO2. The summed E-state index contributed by atoms with van der Waals surface area (Å²) in [5, 5.41) is 10.3. The van der Waals surface area contributed by atoms with Crippen LogP contribution in [0.15, 0.2) is 35.1 Å². The molecule has 82 valence electrons. The summed E-state index contributed by atoms with van der Waals surface area (Å²) in [6, 6.07) is 8.32. The fraction of sp³-hybridized carbons (Fsp3) is 0.0833. The second kappa shape index (κ2) is 4.02. The van der Waals surface area contributed by atoms with E-state index in [4.69, 9.17) is 11.6 Å². The van der Waals surface area contributed by atoms with E-state index in [0.717, 1.165) is 0 Å². The molecule has 0 amide bonds. The first kappa shape index (κ1) is 10.8. The molecule has 2 N–H and O–H groups in total. The van der Waals surface area contributed by atoms with Crippen LogP contribution >= 0.6 is 11.6 Å². The molecule has 3 nitrogen and oxygen atoms in total. The molecule has 2 aromatic rings. The number of pyridine rings is 1. The third-order valence-corrected chi connectivity index (χ3v) is 2.50. The molecule has 4 heteroatoms. The molecule has 0 bridgehead atoms. The second-order valence-electron chi connectivity index (χ2n) is 3.55. The molecule has 16 heavy (non-hydrogen) atoms. The van der Waals surface area contributed by atoms with E-state index in [0.29, 0.717) is 16.3 Å². The van der Waals surface area contributed by atoms with E-state index in [1.165, 1.54) is 6.07 Å². The van der Waals surface area contributed by atoms with Gasteiger partial charge in [0, 0.05) is 10.7 Å². The van der Waals surface area contributed by atoms with Crippen LogP contribution in [-0.2, 0) is 0 Å². The minimum absolute atomic E-state index is 0.0384. The third kappa shape index (κ3) is 1.95. The van der Waals surface area contributed by atoms with E-state index in [2.05, 4.69) is 4.98 Å². The van der Waals surface area contributed by atoms with Gasteiger partial charge in [-0.05, 0) is 30.7 Å². The van der Waals surface area contributed by atoms with Crippen LogP contribution < -0.4 is 5.56 Å². The van der Waals surface area contributed by atoms with Gasteiger partial charge in [0.25, 0.3) is 5.56 Å². The SMILES string of the molecule is Cc1cc(O)c(-c2cccc(Cl)c2)c(=O)[nH]1. The average molecular weight is 236 g/mol. The number of aromatic nitrogens is 1. The van der Waals surface area contributed by atoms with Crippen LogP contribution in [0.5, 0.6) is 5.75 Å². The van der Waals surface area contributed by atoms with Gasteiger partial charge < -0.3 is 10.1 Å². The first-order chi connectivity index (χ1) is 7.58. The molecule has 0 radical (unpaired) electrons. The number of rotatable bonds is 1. The summed E-state index contributed by atoms with van der Waals surface area (Å²) in [5.74, 6) is -0.0384. The van der Waals surface area contributed by atoms with Crippen LogP contribution in [0.1, 0.15) is 5.69 Å². The van der Waals surface area contributed by atoms with Crippen molar-refractivity contribution in [3.05, 3.63) is 51.4 Å². The highest BCUT2D eigenvalue weighted by Crippen LogP contribution is 2.27. The van der Waals surface area contributed by atoms with Crippen LogP contribution in [0.3, 0.4) is 0 Å². The molecule has 2 rings (SSSR count). The molecule has 1 aromatic carbocycles. The summed E-state index contributed by atoms with van der Waals surface area (Å²) < 4.78 is 0. The molecule has 1 aromatic heterocycles. The van der Waals surface area contributed by atoms with Gasteiger partial charge in [-0.15, -0.1) is 0 Å². The Bertz CT molecular complexity index is 590. The Labute approximate surface area is 97.3 Å². The molecule has 1 heterocycles. The van der Waals surface area contributed by atoms with Crippen molar-refractivity contribution in [1.29, 1.82) is 0 Å². The summed E-state index contributed by atoms with van der Waals surface area (Å²) in [6.07, 6.45) is 0. The van der Waals surface area contributed by atoms with Crippen molar-refractivity contribution in [2.45, 2.75) is 6.92 Å². The van der Waals surface area contributed by atoms with Gasteiger partial charge in [0.1, 0.15) is 5.75 Å². The zero-order valence-electron chi connectivity index (χ0n) is 8.62. The van der Waals surface area contributed by atoms with Crippen LogP contribution in [0, 0.1) is 6.92 Å². The monoisotopic (exact) mass is 235 g/mol. The molecule has 0 aliphatic carbocycles. The Morgan fingerprint density at radius 1 is 1.31 bits per heavy atom. The summed E-state index contributed by atoms with van der Waals surface area (Å²) >= 11 is 5.84. The molecule has 0 fully saturated rings. The number of aryl methyl sites for hydroxylation is 1. The van der Waals surface area contributed by atoms with E-state index in [1.54, 1.807) is 31.2 Å². The standard InChI is InChI=1S/C12H10ClNO2/c1-7-5-10(15)11(12(16)14-7)8-3-2-4-9(13)6-8/h2-6H,1H3,(H2,14,15,16). The van der Waals surface area contributed by atoms with Gasteiger partial charge >= 0.3 is 0 Å². The van der Waals surface area contributed by atoms with Gasteiger partial charge in [0.05, 0.1) is 5.56 Å². The summed E-state index contributed by atoms with van der Waals surface area (Å²) in [7, 11) is 0. The van der Waals surface area contributed by atoms with Crippen molar-refractivity contribution in [2.24, 2.45) is 0 Å². The lowest BCUT2D eigenvalue weighted by Gasteiger charge is -2.05. The first-order valence-electron chi connectivity index (χ1n) is 4.77. The van der Waals surface area contributed by atoms with Gasteiger partial charge in [-0.25, -0.2) is 0 Å². The Morgan fingerprint density at radius 2 is 2.06 bits per heavy atom. The molecule has 0 aliphatic rings. The Balaban J connectivity index is 2.70. The van der Waals surface area contributed by atoms with Crippen molar-refractivity contribution in [3.8, 4) is 16.9 Å². The van der Waals surface area contributed by atoms with Crippen molar-refractivity contribution in [2.75, 3.05) is 0 Å². The topological polar surface area (TPSA) is 53.1 Å². The predicted octanol–water partition coefficient (Wildman–Crippen LogP) is 2.71. The van der Waals surface area contributed by atoms with Crippen molar-refractivity contribution in [3.63, 3.8) is 0 Å². The Hall–Kier alpha value is -1.74. The quantitative estimate of drug-likeness (QED) is 0.799. The molecule has 0 saturated carbocycles. The average Bonchev–Trinajstić information content (AvgIpc) is 2.15. The Morgan fingerprint density at radius 3 is 2.69 bits per heavy atom. The van der Waals surface area contributed by atoms with Crippen LogP contribution in [0.4, 0.5) is 0 Å². The molecule has 0 saturated heterocycles. The molecule has 0 atom stereocenters. The lowest BCUT2D eigenvalue weighted by molar-refractivity contribution is 0.475. The first-order valence-corrected chi connectivity index (χ1v) is 5.14. The summed E-state index contributed by atoms with van der Waals surface area (Å²) in [5.41, 5.74) is 1.15. The zero-order chi connectivity index (χ0) is 11.7. The molecular weight excluding hydrogens is 226 g/mol.